The van der Waals surface area contributed by atoms with Gasteiger partial charge in [0.05, 0.1) is 7.11 Å². The predicted molar refractivity (Wildman–Crippen MR) is 165 cm³/mol. The Hall–Kier alpha value is -3.60. The lowest BCUT2D eigenvalue weighted by molar-refractivity contribution is -0.519. The highest BCUT2D eigenvalue weighted by molar-refractivity contribution is 6.25. The summed E-state index contributed by atoms with van der Waals surface area (Å²) in [6, 6.07) is 10.8. The Kier molecular flexibility index (Phi) is 8.79. The summed E-state index contributed by atoms with van der Waals surface area (Å²) in [5.74, 6) is 0.918. The smallest absolute Gasteiger partial charge is 0.200 e. The van der Waals surface area contributed by atoms with Crippen LogP contribution in [-0.4, -0.2) is 62.4 Å². The number of carbonyl (C=O) groups is 1. The molecule has 206 valence electrons. The maximum atomic E-state index is 14.2. The normalized spacial score (nSPS) is 14.2. The van der Waals surface area contributed by atoms with Gasteiger partial charge in [-0.3, -0.25) is 4.79 Å². The van der Waals surface area contributed by atoms with Gasteiger partial charge in [0.25, 0.3) is 0 Å². The number of anilines is 2. The molecule has 5 heteroatoms. The standard InChI is InChI=1S/C34H44N3O2/c1-9-35(10-2)24-15-17-27-29(20-24)34(38)30-21-25(36(11-3)12-4)16-18-28(30)33(27)32-23(7)19-26(22-31(32)39-8)37(13-5)14-6/h15-22H,9-14H2,1-8H3/q+1. The van der Waals surface area contributed by atoms with E-state index < -0.39 is 0 Å². The van der Waals surface area contributed by atoms with Crippen molar-refractivity contribution in [3.63, 3.8) is 0 Å². The number of benzene rings is 2. The van der Waals surface area contributed by atoms with Gasteiger partial charge >= 0.3 is 0 Å². The van der Waals surface area contributed by atoms with Gasteiger partial charge in [-0.1, -0.05) is 6.07 Å². The molecule has 0 aliphatic heterocycles. The Labute approximate surface area is 234 Å². The minimum absolute atomic E-state index is 0.0862. The summed E-state index contributed by atoms with van der Waals surface area (Å²) in [6.45, 7) is 20.5. The first-order valence-electron chi connectivity index (χ1n) is 14.5. The predicted octanol–water partition coefficient (Wildman–Crippen LogP) is 6.68. The molecule has 0 unspecified atom stereocenters. The molecule has 2 aromatic carbocycles. The SMILES string of the molecule is CCN(CC)c1cc(C)c(C2=C3C=CC(=[N+](CC)CC)C=C3C(=O)c3cc(N(CC)CC)ccc32)c(OC)c1. The zero-order valence-corrected chi connectivity index (χ0v) is 25.0. The number of methoxy groups -OCH3 is 1. The number of fused-ring (bicyclic) bond motifs is 2. The molecule has 5 nitrogen and oxygen atoms in total. The van der Waals surface area contributed by atoms with E-state index in [1.54, 1.807) is 7.11 Å². The van der Waals surface area contributed by atoms with Gasteiger partial charge in [0, 0.05) is 78.0 Å². The van der Waals surface area contributed by atoms with E-state index in [2.05, 4.69) is 111 Å². The Bertz CT molecular complexity index is 1380. The summed E-state index contributed by atoms with van der Waals surface area (Å²) in [4.78, 5) is 18.8. The quantitative estimate of drug-likeness (QED) is 0.324. The zero-order chi connectivity index (χ0) is 28.3. The number of hydrogen-bond donors (Lipinski definition) is 0. The fourth-order valence-electron chi connectivity index (χ4n) is 6.00. The number of nitrogens with zero attached hydrogens (tertiary/aromatic N) is 3. The fraction of sp³-hybridized carbons (Fsp3) is 0.412. The molecular weight excluding hydrogens is 482 g/mol. The van der Waals surface area contributed by atoms with E-state index in [0.717, 1.165) is 101 Å². The van der Waals surface area contributed by atoms with Crippen molar-refractivity contribution in [3.8, 4) is 5.75 Å². The highest BCUT2D eigenvalue weighted by atomic mass is 16.5. The van der Waals surface area contributed by atoms with Gasteiger partial charge in [-0.25, -0.2) is 4.58 Å². The molecule has 0 aromatic heterocycles. The number of carbonyl (C=O) groups excluding carboxylic acids is 1. The molecule has 0 saturated carbocycles. The fourth-order valence-corrected chi connectivity index (χ4v) is 6.00. The summed E-state index contributed by atoms with van der Waals surface area (Å²) < 4.78 is 8.35. The molecule has 0 fully saturated rings. The number of rotatable bonds is 10. The van der Waals surface area contributed by atoms with Crippen LogP contribution in [0.2, 0.25) is 0 Å². The third kappa shape index (κ3) is 5.07. The lowest BCUT2D eigenvalue weighted by atomic mass is 9.75. The average Bonchev–Trinajstić information content (AvgIpc) is 2.96. The number of hydrogen-bond acceptors (Lipinski definition) is 4. The average molecular weight is 527 g/mol. The second kappa shape index (κ2) is 12.1. The number of aryl methyl sites for hydroxylation is 1. The van der Waals surface area contributed by atoms with Crippen LogP contribution in [0.25, 0.3) is 5.57 Å². The van der Waals surface area contributed by atoms with Gasteiger partial charge in [-0.05, 0) is 89.4 Å². The molecule has 2 aliphatic rings. The van der Waals surface area contributed by atoms with Crippen LogP contribution in [0.3, 0.4) is 0 Å². The van der Waals surface area contributed by atoms with Crippen LogP contribution in [-0.2, 0) is 0 Å². The van der Waals surface area contributed by atoms with Crippen LogP contribution in [0.1, 0.15) is 68.6 Å². The van der Waals surface area contributed by atoms with Gasteiger partial charge in [-0.2, -0.15) is 0 Å². The lowest BCUT2D eigenvalue weighted by Crippen LogP contribution is -2.26. The minimum atomic E-state index is 0.0862. The van der Waals surface area contributed by atoms with Crippen LogP contribution in [0.5, 0.6) is 5.75 Å². The second-order valence-corrected chi connectivity index (χ2v) is 10.0. The molecule has 2 aliphatic carbocycles. The molecule has 0 bridgehead atoms. The topological polar surface area (TPSA) is 35.8 Å². The van der Waals surface area contributed by atoms with Gasteiger partial charge in [-0.15, -0.1) is 0 Å². The molecule has 0 saturated heterocycles. The minimum Gasteiger partial charge on any atom is -0.496 e. The molecule has 0 radical (unpaired) electrons. The first-order valence-corrected chi connectivity index (χ1v) is 14.5. The van der Waals surface area contributed by atoms with Crippen LogP contribution in [0.15, 0.2) is 59.7 Å². The molecule has 0 N–H and O–H groups in total. The maximum absolute atomic E-state index is 14.2. The summed E-state index contributed by atoms with van der Waals surface area (Å²) in [6.07, 6.45) is 6.37. The first kappa shape index (κ1) is 28.4. The molecule has 39 heavy (non-hydrogen) atoms. The molecule has 0 spiro atoms. The van der Waals surface area contributed by atoms with Crippen molar-refractivity contribution in [1.82, 2.24) is 0 Å². The Morgan fingerprint density at radius 3 is 2.03 bits per heavy atom. The molecule has 4 rings (SSSR count). The number of ether oxygens (including phenoxy) is 1. The Morgan fingerprint density at radius 2 is 1.44 bits per heavy atom. The monoisotopic (exact) mass is 526 g/mol. The van der Waals surface area contributed by atoms with Crippen LogP contribution in [0.4, 0.5) is 11.4 Å². The highest BCUT2D eigenvalue weighted by Crippen LogP contribution is 2.46. The van der Waals surface area contributed by atoms with Crippen LogP contribution >= 0.6 is 0 Å². The van der Waals surface area contributed by atoms with Gasteiger partial charge < -0.3 is 14.5 Å². The van der Waals surface area contributed by atoms with E-state index in [9.17, 15) is 4.79 Å². The highest BCUT2D eigenvalue weighted by Gasteiger charge is 2.34. The van der Waals surface area contributed by atoms with Crippen LogP contribution in [0, 0.1) is 6.92 Å². The van der Waals surface area contributed by atoms with Crippen LogP contribution < -0.4 is 14.5 Å². The number of allylic oxidation sites excluding steroid dienone is 5. The molecule has 0 heterocycles. The van der Waals surface area contributed by atoms with Crippen molar-refractivity contribution in [2.24, 2.45) is 0 Å². The molecular formula is C34H44N3O2+. The first-order chi connectivity index (χ1) is 18.9. The van der Waals surface area contributed by atoms with Gasteiger partial charge in [0.2, 0.25) is 5.71 Å². The summed E-state index contributed by atoms with van der Waals surface area (Å²) in [7, 11) is 1.74. The van der Waals surface area contributed by atoms with Gasteiger partial charge in [0.15, 0.2) is 5.78 Å². The number of Topliss-reactive ketones (excluding diaryl/α,β-unsaturated/α-hetero) is 1. The maximum Gasteiger partial charge on any atom is 0.200 e. The van der Waals surface area contributed by atoms with Gasteiger partial charge in [0.1, 0.15) is 18.8 Å². The third-order valence-corrected chi connectivity index (χ3v) is 8.17. The van der Waals surface area contributed by atoms with Crippen molar-refractivity contribution in [3.05, 3.63) is 82.0 Å². The molecule has 2 aromatic rings. The van der Waals surface area contributed by atoms with E-state index in [0.29, 0.717) is 0 Å². The summed E-state index contributed by atoms with van der Waals surface area (Å²) in [5.41, 5.74) is 10.0. The van der Waals surface area contributed by atoms with Crippen molar-refractivity contribution in [1.29, 1.82) is 0 Å². The number of ketones is 1. The van der Waals surface area contributed by atoms with E-state index >= 15 is 0 Å². The molecule has 0 atom stereocenters. The van der Waals surface area contributed by atoms with E-state index in [1.165, 1.54) is 0 Å². The van der Waals surface area contributed by atoms with E-state index in [1.807, 2.05) is 0 Å². The molecule has 0 amide bonds. The Balaban J connectivity index is 2.06. The summed E-state index contributed by atoms with van der Waals surface area (Å²) >= 11 is 0. The van der Waals surface area contributed by atoms with Crippen molar-refractivity contribution >= 4 is 28.4 Å². The van der Waals surface area contributed by atoms with E-state index in [-0.39, 0.29) is 5.78 Å². The Morgan fingerprint density at radius 1 is 0.795 bits per heavy atom. The van der Waals surface area contributed by atoms with E-state index in [4.69, 9.17) is 4.74 Å². The summed E-state index contributed by atoms with van der Waals surface area (Å²) in [5, 5.41) is 0. The second-order valence-electron chi connectivity index (χ2n) is 10.0. The third-order valence-electron chi connectivity index (χ3n) is 8.17. The zero-order valence-electron chi connectivity index (χ0n) is 25.0. The lowest BCUT2D eigenvalue weighted by Gasteiger charge is -2.30. The largest absolute Gasteiger partial charge is 0.496 e. The van der Waals surface area contributed by atoms with Crippen molar-refractivity contribution in [2.45, 2.75) is 48.5 Å². The van der Waals surface area contributed by atoms with Crippen molar-refractivity contribution in [2.75, 3.05) is 56.2 Å². The van der Waals surface area contributed by atoms with Crippen molar-refractivity contribution < 1.29 is 14.1 Å².